The number of rotatable bonds is 4. The molecule has 108 valence electrons. The highest BCUT2D eigenvalue weighted by atomic mass is 16.2. The molecule has 1 aromatic carbocycles. The first kappa shape index (κ1) is 13.8. The SMILES string of the molecule is Cc1ccc(C)c(C(=O)N(Cc2ccncc2)C2CC2)c1. The van der Waals surface area contributed by atoms with Gasteiger partial charge >= 0.3 is 0 Å². The summed E-state index contributed by atoms with van der Waals surface area (Å²) in [6.45, 7) is 4.70. The van der Waals surface area contributed by atoms with Crippen molar-refractivity contribution in [3.63, 3.8) is 0 Å². The van der Waals surface area contributed by atoms with Crippen molar-refractivity contribution in [3.8, 4) is 0 Å². The van der Waals surface area contributed by atoms with E-state index in [1.54, 1.807) is 12.4 Å². The van der Waals surface area contributed by atoms with Crippen LogP contribution < -0.4 is 0 Å². The Bertz CT molecular complexity index is 648. The van der Waals surface area contributed by atoms with Crippen molar-refractivity contribution < 1.29 is 4.79 Å². The fourth-order valence-corrected chi connectivity index (χ4v) is 2.56. The Morgan fingerprint density at radius 1 is 1.19 bits per heavy atom. The van der Waals surface area contributed by atoms with Gasteiger partial charge in [0.25, 0.3) is 5.91 Å². The lowest BCUT2D eigenvalue weighted by atomic mass is 10.0. The molecule has 0 N–H and O–H groups in total. The highest BCUT2D eigenvalue weighted by Crippen LogP contribution is 2.30. The van der Waals surface area contributed by atoms with Crippen molar-refractivity contribution in [2.24, 2.45) is 0 Å². The molecule has 1 heterocycles. The first-order valence-electron chi connectivity index (χ1n) is 7.42. The van der Waals surface area contributed by atoms with Crippen LogP contribution in [0, 0.1) is 13.8 Å². The van der Waals surface area contributed by atoms with Gasteiger partial charge in [0.15, 0.2) is 0 Å². The summed E-state index contributed by atoms with van der Waals surface area (Å²) in [4.78, 5) is 19.0. The lowest BCUT2D eigenvalue weighted by Crippen LogP contribution is -2.33. The van der Waals surface area contributed by atoms with Crippen molar-refractivity contribution in [2.75, 3.05) is 0 Å². The Labute approximate surface area is 125 Å². The van der Waals surface area contributed by atoms with Crippen LogP contribution in [0.3, 0.4) is 0 Å². The standard InChI is InChI=1S/C18H20N2O/c1-13-3-4-14(2)17(11-13)18(21)20(16-5-6-16)12-15-7-9-19-10-8-15/h3-4,7-11,16H,5-6,12H2,1-2H3. The number of hydrogen-bond donors (Lipinski definition) is 0. The molecule has 1 aliphatic carbocycles. The summed E-state index contributed by atoms with van der Waals surface area (Å²) in [5, 5.41) is 0. The lowest BCUT2D eigenvalue weighted by molar-refractivity contribution is 0.0729. The number of nitrogens with zero attached hydrogens (tertiary/aromatic N) is 2. The van der Waals surface area contributed by atoms with Crippen LogP contribution in [-0.2, 0) is 6.54 Å². The van der Waals surface area contributed by atoms with Crippen molar-refractivity contribution in [1.29, 1.82) is 0 Å². The van der Waals surface area contributed by atoms with Gasteiger partial charge in [-0.25, -0.2) is 0 Å². The molecule has 0 saturated heterocycles. The van der Waals surface area contributed by atoms with Gasteiger partial charge in [0, 0.05) is 30.5 Å². The molecule has 1 saturated carbocycles. The largest absolute Gasteiger partial charge is 0.331 e. The molecule has 0 aliphatic heterocycles. The second-order valence-corrected chi connectivity index (χ2v) is 5.84. The molecular formula is C18H20N2O. The summed E-state index contributed by atoms with van der Waals surface area (Å²) in [7, 11) is 0. The zero-order chi connectivity index (χ0) is 14.8. The smallest absolute Gasteiger partial charge is 0.254 e. The number of hydrogen-bond acceptors (Lipinski definition) is 2. The molecule has 3 nitrogen and oxygen atoms in total. The monoisotopic (exact) mass is 280 g/mol. The van der Waals surface area contributed by atoms with Gasteiger partial charge in [0.1, 0.15) is 0 Å². The van der Waals surface area contributed by atoms with Crippen molar-refractivity contribution >= 4 is 5.91 Å². The summed E-state index contributed by atoms with van der Waals surface area (Å²) in [6.07, 6.45) is 5.79. The number of carbonyl (C=O) groups excluding carboxylic acids is 1. The number of aryl methyl sites for hydroxylation is 2. The molecule has 0 unspecified atom stereocenters. The summed E-state index contributed by atoms with van der Waals surface area (Å²) in [5.41, 5.74) is 4.14. The van der Waals surface area contributed by atoms with Crippen LogP contribution in [0.1, 0.15) is 39.9 Å². The van der Waals surface area contributed by atoms with Gasteiger partial charge in [-0.05, 0) is 56.0 Å². The van der Waals surface area contributed by atoms with Crippen molar-refractivity contribution in [3.05, 3.63) is 65.0 Å². The van der Waals surface area contributed by atoms with E-state index in [2.05, 4.69) is 11.1 Å². The molecule has 2 aromatic rings. The van der Waals surface area contributed by atoms with E-state index in [0.717, 1.165) is 35.1 Å². The molecule has 1 aliphatic rings. The second kappa shape index (κ2) is 5.68. The first-order chi connectivity index (χ1) is 10.1. The zero-order valence-electron chi connectivity index (χ0n) is 12.5. The highest BCUT2D eigenvalue weighted by molar-refractivity contribution is 5.96. The average molecular weight is 280 g/mol. The van der Waals surface area contributed by atoms with E-state index in [1.165, 1.54) is 0 Å². The molecule has 0 atom stereocenters. The van der Waals surface area contributed by atoms with E-state index in [9.17, 15) is 4.79 Å². The molecule has 3 rings (SSSR count). The molecular weight excluding hydrogens is 260 g/mol. The summed E-state index contributed by atoms with van der Waals surface area (Å²) < 4.78 is 0. The summed E-state index contributed by atoms with van der Waals surface area (Å²) in [6, 6.07) is 10.4. The molecule has 0 spiro atoms. The van der Waals surface area contributed by atoms with Gasteiger partial charge in [0.2, 0.25) is 0 Å². The van der Waals surface area contributed by atoms with Crippen LogP contribution in [0.25, 0.3) is 0 Å². The van der Waals surface area contributed by atoms with E-state index in [1.807, 2.05) is 43.0 Å². The van der Waals surface area contributed by atoms with Crippen LogP contribution >= 0.6 is 0 Å². The van der Waals surface area contributed by atoms with E-state index in [-0.39, 0.29) is 5.91 Å². The number of carbonyl (C=O) groups is 1. The third-order valence-electron chi connectivity index (χ3n) is 3.97. The van der Waals surface area contributed by atoms with Crippen molar-refractivity contribution in [2.45, 2.75) is 39.3 Å². The quantitative estimate of drug-likeness (QED) is 0.858. The van der Waals surface area contributed by atoms with Crippen LogP contribution in [0.5, 0.6) is 0 Å². The minimum Gasteiger partial charge on any atom is -0.331 e. The maximum atomic E-state index is 12.9. The third-order valence-corrected chi connectivity index (χ3v) is 3.97. The predicted octanol–water partition coefficient (Wildman–Crippen LogP) is 3.50. The zero-order valence-corrected chi connectivity index (χ0v) is 12.5. The van der Waals surface area contributed by atoms with Crippen LogP contribution in [0.2, 0.25) is 0 Å². The highest BCUT2D eigenvalue weighted by Gasteiger charge is 2.33. The summed E-state index contributed by atoms with van der Waals surface area (Å²) >= 11 is 0. The number of benzene rings is 1. The molecule has 21 heavy (non-hydrogen) atoms. The topological polar surface area (TPSA) is 33.2 Å². The van der Waals surface area contributed by atoms with Crippen LogP contribution in [-0.4, -0.2) is 21.8 Å². The Hall–Kier alpha value is -2.16. The Balaban J connectivity index is 1.87. The van der Waals surface area contributed by atoms with E-state index in [4.69, 9.17) is 0 Å². The van der Waals surface area contributed by atoms with E-state index < -0.39 is 0 Å². The average Bonchev–Trinajstić information content (AvgIpc) is 3.32. The molecule has 1 amide bonds. The van der Waals surface area contributed by atoms with E-state index in [0.29, 0.717) is 12.6 Å². The predicted molar refractivity (Wildman–Crippen MR) is 83.0 cm³/mol. The Kier molecular flexibility index (Phi) is 3.74. The summed E-state index contributed by atoms with van der Waals surface area (Å²) in [5.74, 6) is 0.149. The maximum absolute atomic E-state index is 12.9. The number of pyridine rings is 1. The van der Waals surface area contributed by atoms with Gasteiger partial charge in [-0.1, -0.05) is 17.7 Å². The number of amides is 1. The molecule has 0 radical (unpaired) electrons. The maximum Gasteiger partial charge on any atom is 0.254 e. The lowest BCUT2D eigenvalue weighted by Gasteiger charge is -2.23. The van der Waals surface area contributed by atoms with Gasteiger partial charge in [-0.15, -0.1) is 0 Å². The minimum atomic E-state index is 0.149. The fraction of sp³-hybridized carbons (Fsp3) is 0.333. The van der Waals surface area contributed by atoms with Gasteiger partial charge in [0.05, 0.1) is 0 Å². The van der Waals surface area contributed by atoms with Crippen LogP contribution in [0.4, 0.5) is 0 Å². The third kappa shape index (κ3) is 3.13. The fourth-order valence-electron chi connectivity index (χ4n) is 2.56. The van der Waals surface area contributed by atoms with E-state index >= 15 is 0 Å². The van der Waals surface area contributed by atoms with Crippen LogP contribution in [0.15, 0.2) is 42.7 Å². The van der Waals surface area contributed by atoms with Gasteiger partial charge < -0.3 is 4.90 Å². The Morgan fingerprint density at radius 2 is 1.90 bits per heavy atom. The Morgan fingerprint density at radius 3 is 2.57 bits per heavy atom. The first-order valence-corrected chi connectivity index (χ1v) is 7.42. The van der Waals surface area contributed by atoms with Gasteiger partial charge in [-0.3, -0.25) is 9.78 Å². The molecule has 1 fully saturated rings. The molecule has 0 bridgehead atoms. The second-order valence-electron chi connectivity index (χ2n) is 5.84. The van der Waals surface area contributed by atoms with Gasteiger partial charge in [-0.2, -0.15) is 0 Å². The van der Waals surface area contributed by atoms with Crippen molar-refractivity contribution in [1.82, 2.24) is 9.88 Å². The molecule has 3 heteroatoms. The number of aromatic nitrogens is 1. The molecule has 1 aromatic heterocycles. The normalized spacial score (nSPS) is 14.0. The minimum absolute atomic E-state index is 0.149.